The maximum absolute atomic E-state index is 12.1. The average Bonchev–Trinajstić information content (AvgIpc) is 2.45. The molecule has 0 saturated carbocycles. The molecule has 20 heavy (non-hydrogen) atoms. The molecule has 0 aliphatic heterocycles. The van der Waals surface area contributed by atoms with E-state index in [1.54, 1.807) is 0 Å². The van der Waals surface area contributed by atoms with Gasteiger partial charge in [-0.3, -0.25) is 9.59 Å². The van der Waals surface area contributed by atoms with E-state index < -0.39 is 0 Å². The minimum atomic E-state index is 0.0324. The second kappa shape index (κ2) is 6.29. The second-order valence-corrected chi connectivity index (χ2v) is 4.98. The van der Waals surface area contributed by atoms with E-state index in [0.717, 1.165) is 11.1 Å². The largest absolute Gasteiger partial charge is 0.294 e. The van der Waals surface area contributed by atoms with Gasteiger partial charge in [0.05, 0.1) is 0 Å². The van der Waals surface area contributed by atoms with Crippen molar-refractivity contribution in [2.45, 2.75) is 26.7 Å². The monoisotopic (exact) mass is 266 g/mol. The molecule has 0 heterocycles. The summed E-state index contributed by atoms with van der Waals surface area (Å²) in [6.07, 6.45) is 0.524. The Bertz CT molecular complexity index is 584. The summed E-state index contributed by atoms with van der Waals surface area (Å²) in [5.41, 5.74) is 3.34. The van der Waals surface area contributed by atoms with Crippen LogP contribution < -0.4 is 0 Å². The number of hydrogen-bond donors (Lipinski definition) is 0. The summed E-state index contributed by atoms with van der Waals surface area (Å²) in [7, 11) is 0. The smallest absolute Gasteiger partial charge is 0.163 e. The first-order chi connectivity index (χ1) is 9.59. The van der Waals surface area contributed by atoms with Crippen LogP contribution in [-0.4, -0.2) is 11.6 Å². The molecule has 102 valence electrons. The van der Waals surface area contributed by atoms with Crippen LogP contribution in [0.5, 0.6) is 0 Å². The minimum absolute atomic E-state index is 0.0324. The molecule has 0 saturated heterocycles. The summed E-state index contributed by atoms with van der Waals surface area (Å²) in [4.78, 5) is 24.3. The summed E-state index contributed by atoms with van der Waals surface area (Å²) in [5, 5.41) is 0. The molecule has 0 spiro atoms. The Labute approximate surface area is 119 Å². The Kier molecular flexibility index (Phi) is 4.46. The molecular formula is C18H18O2. The Morgan fingerprint density at radius 3 is 1.40 bits per heavy atom. The molecule has 0 unspecified atom stereocenters. The molecule has 0 aliphatic rings. The molecule has 0 aromatic heterocycles. The van der Waals surface area contributed by atoms with E-state index in [9.17, 15) is 9.59 Å². The van der Waals surface area contributed by atoms with E-state index >= 15 is 0 Å². The van der Waals surface area contributed by atoms with Crippen molar-refractivity contribution in [1.29, 1.82) is 0 Å². The van der Waals surface area contributed by atoms with Gasteiger partial charge < -0.3 is 0 Å². The van der Waals surface area contributed by atoms with E-state index in [1.165, 1.54) is 0 Å². The van der Waals surface area contributed by atoms with Crippen molar-refractivity contribution in [3.63, 3.8) is 0 Å². The third-order valence-corrected chi connectivity index (χ3v) is 3.47. The first kappa shape index (κ1) is 14.2. The van der Waals surface area contributed by atoms with Crippen molar-refractivity contribution in [2.24, 2.45) is 0 Å². The second-order valence-electron chi connectivity index (χ2n) is 4.98. The van der Waals surface area contributed by atoms with Crippen molar-refractivity contribution in [2.75, 3.05) is 0 Å². The number of carbonyl (C=O) groups excluding carboxylic acids is 2. The lowest BCUT2D eigenvalue weighted by Gasteiger charge is -2.06. The number of aryl methyl sites for hydroxylation is 2. The van der Waals surface area contributed by atoms with Gasteiger partial charge in [0, 0.05) is 24.0 Å². The molecule has 2 heteroatoms. The summed E-state index contributed by atoms with van der Waals surface area (Å²) in [5.74, 6) is 0.0649. The van der Waals surface area contributed by atoms with Crippen LogP contribution in [0.15, 0.2) is 48.5 Å². The maximum Gasteiger partial charge on any atom is 0.163 e. The third-order valence-electron chi connectivity index (χ3n) is 3.47. The van der Waals surface area contributed by atoms with E-state index in [1.807, 2.05) is 62.4 Å². The number of hydrogen-bond acceptors (Lipinski definition) is 2. The Hall–Kier alpha value is -2.22. The van der Waals surface area contributed by atoms with Gasteiger partial charge in [-0.2, -0.15) is 0 Å². The van der Waals surface area contributed by atoms with Gasteiger partial charge in [0.15, 0.2) is 11.6 Å². The van der Waals surface area contributed by atoms with Crippen LogP contribution in [0.2, 0.25) is 0 Å². The lowest BCUT2D eigenvalue weighted by Crippen LogP contribution is -2.07. The average molecular weight is 266 g/mol. The van der Waals surface area contributed by atoms with Crippen molar-refractivity contribution < 1.29 is 9.59 Å². The zero-order chi connectivity index (χ0) is 14.5. The summed E-state index contributed by atoms with van der Waals surface area (Å²) in [6, 6.07) is 15.0. The Balaban J connectivity index is 2.03. The van der Waals surface area contributed by atoms with Crippen molar-refractivity contribution >= 4 is 11.6 Å². The molecule has 0 fully saturated rings. The first-order valence-electron chi connectivity index (χ1n) is 6.77. The van der Waals surface area contributed by atoms with Crippen LogP contribution in [0, 0.1) is 13.8 Å². The number of benzene rings is 2. The van der Waals surface area contributed by atoms with Gasteiger partial charge in [0.25, 0.3) is 0 Å². The quantitative estimate of drug-likeness (QED) is 0.762. The Morgan fingerprint density at radius 2 is 1.05 bits per heavy atom. The molecule has 2 aromatic rings. The van der Waals surface area contributed by atoms with Crippen LogP contribution in [0.1, 0.15) is 44.7 Å². The molecule has 2 rings (SSSR count). The maximum atomic E-state index is 12.1. The molecule has 0 bridgehead atoms. The molecule has 2 aromatic carbocycles. The molecule has 0 aliphatic carbocycles. The highest BCUT2D eigenvalue weighted by Crippen LogP contribution is 2.14. The molecule has 0 N–H and O–H groups in total. The predicted molar refractivity (Wildman–Crippen MR) is 80.3 cm³/mol. The van der Waals surface area contributed by atoms with E-state index in [4.69, 9.17) is 0 Å². The number of carbonyl (C=O) groups is 2. The fraction of sp³-hybridized carbons (Fsp3) is 0.222. The third kappa shape index (κ3) is 3.21. The highest BCUT2D eigenvalue weighted by Gasteiger charge is 2.13. The van der Waals surface area contributed by atoms with Crippen LogP contribution in [0.25, 0.3) is 0 Å². The van der Waals surface area contributed by atoms with E-state index in [0.29, 0.717) is 11.1 Å². The van der Waals surface area contributed by atoms with Crippen LogP contribution in [0.4, 0.5) is 0 Å². The van der Waals surface area contributed by atoms with Crippen molar-refractivity contribution in [3.05, 3.63) is 70.8 Å². The lowest BCUT2D eigenvalue weighted by molar-refractivity contribution is 0.0917. The van der Waals surface area contributed by atoms with Gasteiger partial charge in [0.1, 0.15) is 0 Å². The molecule has 2 nitrogen and oxygen atoms in total. The number of rotatable bonds is 5. The topological polar surface area (TPSA) is 34.1 Å². The van der Waals surface area contributed by atoms with Gasteiger partial charge in [-0.15, -0.1) is 0 Å². The lowest BCUT2D eigenvalue weighted by atomic mass is 9.97. The summed E-state index contributed by atoms with van der Waals surface area (Å²) >= 11 is 0. The fourth-order valence-electron chi connectivity index (χ4n) is 2.27. The van der Waals surface area contributed by atoms with E-state index in [-0.39, 0.29) is 24.4 Å². The van der Waals surface area contributed by atoms with Crippen LogP contribution >= 0.6 is 0 Å². The normalized spacial score (nSPS) is 10.3. The Morgan fingerprint density at radius 1 is 0.700 bits per heavy atom. The van der Waals surface area contributed by atoms with Crippen LogP contribution in [-0.2, 0) is 0 Å². The molecule has 0 amide bonds. The number of Topliss-reactive ketones (excluding diaryl/α,β-unsaturated/α-hetero) is 2. The minimum Gasteiger partial charge on any atom is -0.294 e. The first-order valence-corrected chi connectivity index (χ1v) is 6.77. The molecule has 0 radical (unpaired) electrons. The van der Waals surface area contributed by atoms with E-state index in [2.05, 4.69) is 0 Å². The van der Waals surface area contributed by atoms with Crippen molar-refractivity contribution in [1.82, 2.24) is 0 Å². The van der Waals surface area contributed by atoms with Gasteiger partial charge in [-0.25, -0.2) is 0 Å². The summed E-state index contributed by atoms with van der Waals surface area (Å²) < 4.78 is 0. The zero-order valence-corrected chi connectivity index (χ0v) is 11.8. The van der Waals surface area contributed by atoms with Crippen molar-refractivity contribution in [3.8, 4) is 0 Å². The zero-order valence-electron chi connectivity index (χ0n) is 11.8. The van der Waals surface area contributed by atoms with Gasteiger partial charge in [0.2, 0.25) is 0 Å². The highest BCUT2D eigenvalue weighted by molar-refractivity contribution is 6.03. The predicted octanol–water partition coefficient (Wildman–Crippen LogP) is 4.15. The van der Waals surface area contributed by atoms with Gasteiger partial charge >= 0.3 is 0 Å². The van der Waals surface area contributed by atoms with Gasteiger partial charge in [-0.05, 0) is 25.0 Å². The standard InChI is InChI=1S/C18H18O2/c1-13-7-3-5-9-15(13)17(19)11-12-18(20)16-10-6-4-8-14(16)2/h3-10H,11-12H2,1-2H3. The van der Waals surface area contributed by atoms with Crippen LogP contribution in [0.3, 0.4) is 0 Å². The van der Waals surface area contributed by atoms with Gasteiger partial charge in [-0.1, -0.05) is 48.5 Å². The molecular weight excluding hydrogens is 248 g/mol. The fourth-order valence-corrected chi connectivity index (χ4v) is 2.27. The number of ketones is 2. The highest BCUT2D eigenvalue weighted by atomic mass is 16.1. The summed E-state index contributed by atoms with van der Waals surface area (Å²) in [6.45, 7) is 3.83. The molecule has 0 atom stereocenters. The SMILES string of the molecule is Cc1ccccc1C(=O)CCC(=O)c1ccccc1C.